The zero-order valence-corrected chi connectivity index (χ0v) is 13.6. The molecule has 2 unspecified atom stereocenters. The van der Waals surface area contributed by atoms with Gasteiger partial charge in [0.2, 0.25) is 5.09 Å². The maximum atomic E-state index is 12.5. The third kappa shape index (κ3) is 3.85. The molecule has 1 aromatic rings. The van der Waals surface area contributed by atoms with Gasteiger partial charge in [-0.05, 0) is 24.0 Å². The summed E-state index contributed by atoms with van der Waals surface area (Å²) in [5, 5.41) is 3.16. The molecule has 0 aliphatic carbocycles. The van der Waals surface area contributed by atoms with Gasteiger partial charge in [-0.1, -0.05) is 13.8 Å². The number of rotatable bonds is 7. The van der Waals surface area contributed by atoms with Crippen LogP contribution in [0.3, 0.4) is 0 Å². The molecule has 0 aromatic carbocycles. The summed E-state index contributed by atoms with van der Waals surface area (Å²) in [5.74, 6) is 1.37. The first-order chi connectivity index (χ1) is 9.95. The Labute approximate surface area is 126 Å². The van der Waals surface area contributed by atoms with Gasteiger partial charge in [0.05, 0.1) is 13.2 Å². The summed E-state index contributed by atoms with van der Waals surface area (Å²) in [4.78, 5) is 0. The van der Waals surface area contributed by atoms with Gasteiger partial charge in [0, 0.05) is 26.7 Å². The highest BCUT2D eigenvalue weighted by atomic mass is 32.2. The average molecular weight is 316 g/mol. The number of hydrogen-bond donors (Lipinski definition) is 1. The van der Waals surface area contributed by atoms with Crippen molar-refractivity contribution in [1.82, 2.24) is 9.62 Å². The van der Waals surface area contributed by atoms with Crippen molar-refractivity contribution in [3.63, 3.8) is 0 Å². The maximum Gasteiger partial charge on any atom is 0.276 e. The van der Waals surface area contributed by atoms with Gasteiger partial charge in [0.15, 0.2) is 0 Å². The van der Waals surface area contributed by atoms with Crippen molar-refractivity contribution < 1.29 is 17.6 Å². The Hall–Kier alpha value is -0.890. The Morgan fingerprint density at radius 2 is 2.00 bits per heavy atom. The van der Waals surface area contributed by atoms with Crippen LogP contribution in [0.2, 0.25) is 0 Å². The fourth-order valence-corrected chi connectivity index (χ4v) is 3.95. The van der Waals surface area contributed by atoms with E-state index in [2.05, 4.69) is 19.2 Å². The molecule has 2 heterocycles. The Morgan fingerprint density at radius 1 is 1.33 bits per heavy atom. The first-order valence-corrected chi connectivity index (χ1v) is 8.67. The molecular weight excluding hydrogens is 292 g/mol. The fourth-order valence-electron chi connectivity index (χ4n) is 2.38. The van der Waals surface area contributed by atoms with Crippen LogP contribution >= 0.6 is 0 Å². The lowest BCUT2D eigenvalue weighted by Gasteiger charge is -2.13. The van der Waals surface area contributed by atoms with Gasteiger partial charge in [-0.2, -0.15) is 4.31 Å². The second-order valence-corrected chi connectivity index (χ2v) is 7.54. The average Bonchev–Trinajstić information content (AvgIpc) is 3.04. The quantitative estimate of drug-likeness (QED) is 0.768. The molecular formula is C14H24N2O4S. The number of furan rings is 1. The van der Waals surface area contributed by atoms with E-state index in [1.54, 1.807) is 13.2 Å². The predicted octanol–water partition coefficient (Wildman–Crippen LogP) is 1.29. The summed E-state index contributed by atoms with van der Waals surface area (Å²) < 4.78 is 36.9. The molecule has 21 heavy (non-hydrogen) atoms. The largest absolute Gasteiger partial charge is 0.447 e. The van der Waals surface area contributed by atoms with E-state index in [0.29, 0.717) is 50.4 Å². The molecule has 1 aromatic heterocycles. The molecule has 2 atom stereocenters. The third-order valence-corrected chi connectivity index (χ3v) is 5.67. The van der Waals surface area contributed by atoms with Crippen LogP contribution in [0.1, 0.15) is 19.6 Å². The number of ether oxygens (including phenoxy) is 1. The van der Waals surface area contributed by atoms with Crippen LogP contribution in [0.4, 0.5) is 0 Å². The minimum atomic E-state index is -3.50. The fraction of sp³-hybridized carbons (Fsp3) is 0.714. The van der Waals surface area contributed by atoms with Gasteiger partial charge < -0.3 is 14.5 Å². The lowest BCUT2D eigenvalue weighted by Crippen LogP contribution is -2.28. The Kier molecular flexibility index (Phi) is 5.43. The zero-order chi connectivity index (χ0) is 15.5. The summed E-state index contributed by atoms with van der Waals surface area (Å²) in [7, 11) is -1.87. The van der Waals surface area contributed by atoms with Gasteiger partial charge >= 0.3 is 0 Å². The SMILES string of the molecule is COCCNCc1ccc(S(=O)(=O)N2CC(C)C(C)C2)o1. The summed E-state index contributed by atoms with van der Waals surface area (Å²) >= 11 is 0. The van der Waals surface area contributed by atoms with Crippen LogP contribution in [0.15, 0.2) is 21.6 Å². The second kappa shape index (κ2) is 6.91. The Morgan fingerprint density at radius 3 is 2.62 bits per heavy atom. The van der Waals surface area contributed by atoms with E-state index >= 15 is 0 Å². The molecule has 1 fully saturated rings. The van der Waals surface area contributed by atoms with E-state index in [1.165, 1.54) is 10.4 Å². The second-order valence-electron chi connectivity index (χ2n) is 5.67. The number of nitrogens with zero attached hydrogens (tertiary/aromatic N) is 1. The summed E-state index contributed by atoms with van der Waals surface area (Å²) in [6, 6.07) is 3.24. The highest BCUT2D eigenvalue weighted by molar-refractivity contribution is 7.89. The molecule has 1 saturated heterocycles. The van der Waals surface area contributed by atoms with E-state index in [9.17, 15) is 8.42 Å². The standard InChI is InChI=1S/C14H24N2O4S/c1-11-9-16(10-12(11)2)21(17,18)14-5-4-13(20-14)8-15-6-7-19-3/h4-5,11-12,15H,6-10H2,1-3H3. The van der Waals surface area contributed by atoms with Crippen molar-refractivity contribution >= 4 is 10.0 Å². The van der Waals surface area contributed by atoms with Gasteiger partial charge in [0.1, 0.15) is 5.76 Å². The lowest BCUT2D eigenvalue weighted by molar-refractivity contribution is 0.198. The Balaban J connectivity index is 1.99. The van der Waals surface area contributed by atoms with E-state index in [4.69, 9.17) is 9.15 Å². The monoisotopic (exact) mass is 316 g/mol. The molecule has 0 amide bonds. The van der Waals surface area contributed by atoms with Crippen LogP contribution in [0.25, 0.3) is 0 Å². The topological polar surface area (TPSA) is 71.8 Å². The summed E-state index contributed by atoms with van der Waals surface area (Å²) in [6.45, 7) is 7.07. The summed E-state index contributed by atoms with van der Waals surface area (Å²) in [6.07, 6.45) is 0. The highest BCUT2D eigenvalue weighted by Crippen LogP contribution is 2.28. The molecule has 120 valence electrons. The Bertz CT molecular complexity index is 545. The lowest BCUT2D eigenvalue weighted by atomic mass is 10.0. The molecule has 1 aliphatic rings. The number of nitrogens with one attached hydrogen (secondary N) is 1. The smallest absolute Gasteiger partial charge is 0.276 e. The highest BCUT2D eigenvalue weighted by Gasteiger charge is 2.36. The molecule has 0 radical (unpaired) electrons. The van der Waals surface area contributed by atoms with E-state index in [-0.39, 0.29) is 5.09 Å². The van der Waals surface area contributed by atoms with Gasteiger partial charge in [0.25, 0.3) is 10.0 Å². The predicted molar refractivity (Wildman–Crippen MR) is 79.4 cm³/mol. The first-order valence-electron chi connectivity index (χ1n) is 7.23. The molecule has 1 N–H and O–H groups in total. The molecule has 0 bridgehead atoms. The molecule has 7 heteroatoms. The van der Waals surface area contributed by atoms with Crippen LogP contribution in [0, 0.1) is 11.8 Å². The molecule has 6 nitrogen and oxygen atoms in total. The van der Waals surface area contributed by atoms with Gasteiger partial charge in [-0.25, -0.2) is 8.42 Å². The minimum Gasteiger partial charge on any atom is -0.447 e. The van der Waals surface area contributed by atoms with E-state index in [0.717, 1.165) is 0 Å². The maximum absolute atomic E-state index is 12.5. The van der Waals surface area contributed by atoms with E-state index < -0.39 is 10.0 Å². The molecule has 0 spiro atoms. The van der Waals surface area contributed by atoms with Crippen LogP contribution < -0.4 is 5.32 Å². The first kappa shape index (κ1) is 16.5. The van der Waals surface area contributed by atoms with Crippen molar-refractivity contribution in [3.05, 3.63) is 17.9 Å². The van der Waals surface area contributed by atoms with Gasteiger partial charge in [-0.15, -0.1) is 0 Å². The van der Waals surface area contributed by atoms with Crippen LogP contribution in [-0.4, -0.2) is 46.1 Å². The van der Waals surface area contributed by atoms with Crippen molar-refractivity contribution in [2.45, 2.75) is 25.5 Å². The van der Waals surface area contributed by atoms with Gasteiger partial charge in [-0.3, -0.25) is 0 Å². The minimum absolute atomic E-state index is 0.0346. The molecule has 0 saturated carbocycles. The van der Waals surface area contributed by atoms with Crippen molar-refractivity contribution in [1.29, 1.82) is 0 Å². The molecule has 2 rings (SSSR count). The normalized spacial score (nSPS) is 23.8. The number of hydrogen-bond acceptors (Lipinski definition) is 5. The third-order valence-electron chi connectivity index (χ3n) is 3.97. The zero-order valence-electron chi connectivity index (χ0n) is 12.8. The van der Waals surface area contributed by atoms with Crippen molar-refractivity contribution in [2.24, 2.45) is 11.8 Å². The van der Waals surface area contributed by atoms with Crippen molar-refractivity contribution in [3.8, 4) is 0 Å². The van der Waals surface area contributed by atoms with Crippen molar-refractivity contribution in [2.75, 3.05) is 33.4 Å². The summed E-state index contributed by atoms with van der Waals surface area (Å²) in [5.41, 5.74) is 0. The number of sulfonamides is 1. The molecule has 1 aliphatic heterocycles. The van der Waals surface area contributed by atoms with Crippen LogP contribution in [-0.2, 0) is 21.3 Å². The van der Waals surface area contributed by atoms with Crippen LogP contribution in [0.5, 0.6) is 0 Å². The number of methoxy groups -OCH3 is 1. The van der Waals surface area contributed by atoms with E-state index in [1.807, 2.05) is 0 Å².